The van der Waals surface area contributed by atoms with Crippen molar-refractivity contribution < 1.29 is 4.74 Å². The summed E-state index contributed by atoms with van der Waals surface area (Å²) in [6, 6.07) is 8.54. The number of hydrogen-bond acceptors (Lipinski definition) is 3. The van der Waals surface area contributed by atoms with E-state index in [-0.39, 0.29) is 0 Å². The van der Waals surface area contributed by atoms with Crippen molar-refractivity contribution in [1.29, 1.82) is 0 Å². The van der Waals surface area contributed by atoms with Crippen molar-refractivity contribution in [1.82, 2.24) is 5.32 Å². The highest BCUT2D eigenvalue weighted by molar-refractivity contribution is 7.19. The van der Waals surface area contributed by atoms with E-state index in [4.69, 9.17) is 4.74 Å². The zero-order valence-corrected chi connectivity index (χ0v) is 10.6. The van der Waals surface area contributed by atoms with Gasteiger partial charge in [0.05, 0.1) is 6.61 Å². The smallest absolute Gasteiger partial charge is 0.0734 e. The Morgan fingerprint density at radius 2 is 2.12 bits per heavy atom. The summed E-state index contributed by atoms with van der Waals surface area (Å²) >= 11 is 1.86. The van der Waals surface area contributed by atoms with Crippen LogP contribution < -0.4 is 5.32 Å². The predicted octanol–water partition coefficient (Wildman–Crippen LogP) is 3.16. The van der Waals surface area contributed by atoms with Crippen LogP contribution in [0.15, 0.2) is 24.3 Å². The lowest BCUT2D eigenvalue weighted by atomic mass is 10.1. The zero-order valence-electron chi connectivity index (χ0n) is 9.75. The molecule has 0 bridgehead atoms. The number of hydrogen-bond donors (Lipinski definition) is 1. The van der Waals surface area contributed by atoms with Gasteiger partial charge in [-0.3, -0.25) is 0 Å². The summed E-state index contributed by atoms with van der Waals surface area (Å²) in [4.78, 5) is 1.39. The molecule has 0 saturated heterocycles. The average molecular weight is 235 g/mol. The fourth-order valence-electron chi connectivity index (χ4n) is 1.82. The standard InChI is InChI=1S/C13H17NOS/c1-3-15-9-11-10-6-4-5-7-12(10)16-13(11)8-14-2/h4-7,14H,3,8-9H2,1-2H3. The van der Waals surface area contributed by atoms with Crippen LogP contribution >= 0.6 is 11.3 Å². The molecule has 86 valence electrons. The zero-order chi connectivity index (χ0) is 11.4. The molecule has 2 nitrogen and oxygen atoms in total. The molecule has 16 heavy (non-hydrogen) atoms. The Kier molecular flexibility index (Phi) is 3.93. The Morgan fingerprint density at radius 1 is 1.31 bits per heavy atom. The minimum atomic E-state index is 0.720. The molecule has 2 aromatic rings. The van der Waals surface area contributed by atoms with Gasteiger partial charge in [-0.15, -0.1) is 11.3 Å². The Balaban J connectivity index is 2.42. The van der Waals surface area contributed by atoms with Crippen molar-refractivity contribution >= 4 is 21.4 Å². The van der Waals surface area contributed by atoms with Crippen LogP contribution in [0.2, 0.25) is 0 Å². The van der Waals surface area contributed by atoms with Crippen molar-refractivity contribution in [2.45, 2.75) is 20.1 Å². The molecule has 0 saturated carbocycles. The molecule has 1 aromatic heterocycles. The van der Waals surface area contributed by atoms with Crippen molar-refractivity contribution in [2.75, 3.05) is 13.7 Å². The number of nitrogens with one attached hydrogen (secondary N) is 1. The second-order valence-corrected chi connectivity index (χ2v) is 4.80. The van der Waals surface area contributed by atoms with Crippen LogP contribution in [0, 0.1) is 0 Å². The van der Waals surface area contributed by atoms with Gasteiger partial charge in [-0.25, -0.2) is 0 Å². The van der Waals surface area contributed by atoms with Crippen LogP contribution in [0.4, 0.5) is 0 Å². The van der Waals surface area contributed by atoms with E-state index in [0.29, 0.717) is 0 Å². The maximum Gasteiger partial charge on any atom is 0.0734 e. The summed E-state index contributed by atoms with van der Waals surface area (Å²) in [5.41, 5.74) is 1.34. The van der Waals surface area contributed by atoms with Gasteiger partial charge in [-0.05, 0) is 25.4 Å². The fourth-order valence-corrected chi connectivity index (χ4v) is 3.04. The van der Waals surface area contributed by atoms with Crippen molar-refractivity contribution in [3.05, 3.63) is 34.7 Å². The van der Waals surface area contributed by atoms with Crippen LogP contribution in [0.25, 0.3) is 10.1 Å². The Bertz CT molecular complexity index is 464. The van der Waals surface area contributed by atoms with Gasteiger partial charge in [0.15, 0.2) is 0 Å². The Labute approximate surface area is 100 Å². The summed E-state index contributed by atoms with van der Waals surface area (Å²) in [5, 5.41) is 4.56. The largest absolute Gasteiger partial charge is 0.377 e. The lowest BCUT2D eigenvalue weighted by Gasteiger charge is -2.04. The average Bonchev–Trinajstić information content (AvgIpc) is 2.65. The summed E-state index contributed by atoms with van der Waals surface area (Å²) in [7, 11) is 1.98. The van der Waals surface area contributed by atoms with E-state index in [1.165, 1.54) is 20.5 Å². The third-order valence-electron chi connectivity index (χ3n) is 2.57. The molecule has 0 aliphatic rings. The highest BCUT2D eigenvalue weighted by Crippen LogP contribution is 2.31. The van der Waals surface area contributed by atoms with Crippen molar-refractivity contribution in [2.24, 2.45) is 0 Å². The summed E-state index contributed by atoms with van der Waals surface area (Å²) in [5.74, 6) is 0. The lowest BCUT2D eigenvalue weighted by Crippen LogP contribution is -2.06. The maximum absolute atomic E-state index is 5.55. The van der Waals surface area contributed by atoms with Gasteiger partial charge >= 0.3 is 0 Å². The normalized spacial score (nSPS) is 11.1. The fraction of sp³-hybridized carbons (Fsp3) is 0.385. The predicted molar refractivity (Wildman–Crippen MR) is 69.9 cm³/mol. The molecule has 0 fully saturated rings. The topological polar surface area (TPSA) is 21.3 Å². The third-order valence-corrected chi connectivity index (χ3v) is 3.78. The van der Waals surface area contributed by atoms with Gasteiger partial charge in [0.2, 0.25) is 0 Å². The van der Waals surface area contributed by atoms with E-state index in [0.717, 1.165) is 19.8 Å². The van der Waals surface area contributed by atoms with Gasteiger partial charge in [-0.1, -0.05) is 18.2 Å². The van der Waals surface area contributed by atoms with E-state index < -0.39 is 0 Å². The van der Waals surface area contributed by atoms with Gasteiger partial charge in [0, 0.05) is 28.3 Å². The van der Waals surface area contributed by atoms with Crippen molar-refractivity contribution in [3.8, 4) is 0 Å². The van der Waals surface area contributed by atoms with E-state index in [2.05, 4.69) is 29.6 Å². The van der Waals surface area contributed by atoms with Crippen LogP contribution in [0.5, 0.6) is 0 Å². The molecule has 0 radical (unpaired) electrons. The molecule has 1 heterocycles. The second-order valence-electron chi connectivity index (χ2n) is 3.67. The molecular formula is C13H17NOS. The van der Waals surface area contributed by atoms with Crippen LogP contribution in [0.3, 0.4) is 0 Å². The number of benzene rings is 1. The van der Waals surface area contributed by atoms with Gasteiger partial charge < -0.3 is 10.1 Å². The number of ether oxygens (including phenoxy) is 1. The molecule has 3 heteroatoms. The van der Waals surface area contributed by atoms with Gasteiger partial charge in [0.25, 0.3) is 0 Å². The number of rotatable bonds is 5. The first-order valence-electron chi connectivity index (χ1n) is 5.58. The monoisotopic (exact) mass is 235 g/mol. The molecule has 0 unspecified atom stereocenters. The van der Waals surface area contributed by atoms with Gasteiger partial charge in [0.1, 0.15) is 0 Å². The minimum absolute atomic E-state index is 0.720. The van der Waals surface area contributed by atoms with Gasteiger partial charge in [-0.2, -0.15) is 0 Å². The summed E-state index contributed by atoms with van der Waals surface area (Å²) in [6.45, 7) is 4.44. The molecule has 0 spiro atoms. The molecule has 0 aliphatic heterocycles. The summed E-state index contributed by atoms with van der Waals surface area (Å²) < 4.78 is 6.90. The maximum atomic E-state index is 5.55. The van der Waals surface area contributed by atoms with E-state index >= 15 is 0 Å². The van der Waals surface area contributed by atoms with E-state index in [1.54, 1.807) is 0 Å². The molecule has 0 amide bonds. The Morgan fingerprint density at radius 3 is 2.88 bits per heavy atom. The Hall–Kier alpha value is -0.900. The number of thiophene rings is 1. The third kappa shape index (κ3) is 2.26. The first kappa shape index (κ1) is 11.6. The molecule has 1 N–H and O–H groups in total. The van der Waals surface area contributed by atoms with Crippen LogP contribution in [0.1, 0.15) is 17.4 Å². The highest BCUT2D eigenvalue weighted by atomic mass is 32.1. The first-order valence-corrected chi connectivity index (χ1v) is 6.40. The minimum Gasteiger partial charge on any atom is -0.377 e. The molecule has 0 atom stereocenters. The van der Waals surface area contributed by atoms with Crippen LogP contribution in [-0.2, 0) is 17.9 Å². The molecular weight excluding hydrogens is 218 g/mol. The number of fused-ring (bicyclic) bond motifs is 1. The summed E-state index contributed by atoms with van der Waals surface area (Å²) in [6.07, 6.45) is 0. The SMILES string of the molecule is CCOCc1c(CNC)sc2ccccc12. The van der Waals surface area contributed by atoms with Crippen molar-refractivity contribution in [3.63, 3.8) is 0 Å². The molecule has 0 aliphatic carbocycles. The lowest BCUT2D eigenvalue weighted by molar-refractivity contribution is 0.134. The van der Waals surface area contributed by atoms with Crippen LogP contribution in [-0.4, -0.2) is 13.7 Å². The van der Waals surface area contributed by atoms with E-state index in [9.17, 15) is 0 Å². The van der Waals surface area contributed by atoms with E-state index in [1.807, 2.05) is 25.3 Å². The molecule has 1 aromatic carbocycles. The quantitative estimate of drug-likeness (QED) is 0.859. The second kappa shape index (κ2) is 5.43. The first-order chi connectivity index (χ1) is 7.86. The molecule has 2 rings (SSSR count). The highest BCUT2D eigenvalue weighted by Gasteiger charge is 2.10.